The van der Waals surface area contributed by atoms with Crippen molar-refractivity contribution in [1.82, 2.24) is 0 Å². The summed E-state index contributed by atoms with van der Waals surface area (Å²) >= 11 is 0. The molecule has 1 amide bonds. The van der Waals surface area contributed by atoms with Crippen LogP contribution in [0, 0.1) is 0 Å². The van der Waals surface area contributed by atoms with Crippen molar-refractivity contribution in [3.05, 3.63) is 42.0 Å². The van der Waals surface area contributed by atoms with Crippen LogP contribution in [-0.2, 0) is 11.2 Å². The quantitative estimate of drug-likeness (QED) is 0.863. The monoisotopic (exact) mass is 231 g/mol. The highest BCUT2D eigenvalue weighted by atomic mass is 16.3. The summed E-state index contributed by atoms with van der Waals surface area (Å²) in [5, 5.41) is 9.64. The Kier molecular flexibility index (Phi) is 3.59. The summed E-state index contributed by atoms with van der Waals surface area (Å²) < 4.78 is 0. The van der Waals surface area contributed by atoms with Crippen molar-refractivity contribution in [3.63, 3.8) is 0 Å². The first-order valence-corrected chi connectivity index (χ1v) is 6.01. The Morgan fingerprint density at radius 1 is 1.29 bits per heavy atom. The van der Waals surface area contributed by atoms with E-state index in [1.54, 1.807) is 0 Å². The van der Waals surface area contributed by atoms with E-state index in [1.165, 1.54) is 35.5 Å². The highest BCUT2D eigenvalue weighted by molar-refractivity contribution is 6.04. The molecular weight excluding hydrogens is 214 g/mol. The number of aliphatic hydroxyl groups excluding tert-OH is 1. The molecule has 1 aromatic carbocycles. The first-order valence-electron chi connectivity index (χ1n) is 6.01. The average Bonchev–Trinajstić information content (AvgIpc) is 2.67. The zero-order chi connectivity index (χ0) is 12.3. The van der Waals surface area contributed by atoms with Crippen LogP contribution in [0.3, 0.4) is 0 Å². The second-order valence-corrected chi connectivity index (χ2v) is 4.25. The van der Waals surface area contributed by atoms with Crippen molar-refractivity contribution in [1.29, 1.82) is 0 Å². The van der Waals surface area contributed by atoms with Crippen LogP contribution in [-0.4, -0.2) is 17.2 Å². The summed E-state index contributed by atoms with van der Waals surface area (Å²) in [5.74, 6) is -0.168. The third kappa shape index (κ3) is 2.56. The van der Waals surface area contributed by atoms with E-state index < -0.39 is 6.23 Å². The van der Waals surface area contributed by atoms with E-state index in [9.17, 15) is 9.90 Å². The number of aliphatic hydroxyl groups is 1. The number of benzene rings is 1. The molecular formula is C14H17NO2. The van der Waals surface area contributed by atoms with Crippen LogP contribution in [0.15, 0.2) is 36.4 Å². The number of carbonyl (C=O) groups excluding carboxylic acids is 1. The van der Waals surface area contributed by atoms with Gasteiger partial charge in [0, 0.05) is 11.8 Å². The third-order valence-electron chi connectivity index (χ3n) is 2.95. The molecule has 1 N–H and O–H groups in total. The molecule has 3 heteroatoms. The van der Waals surface area contributed by atoms with E-state index >= 15 is 0 Å². The number of hydrogen-bond acceptors (Lipinski definition) is 2. The molecule has 0 bridgehead atoms. The predicted molar refractivity (Wildman–Crippen MR) is 67.7 cm³/mol. The number of carbonyl (C=O) groups is 1. The molecule has 0 saturated carbocycles. The Bertz CT molecular complexity index is 422. The van der Waals surface area contributed by atoms with Gasteiger partial charge in [0.1, 0.15) is 0 Å². The molecule has 1 aliphatic rings. The van der Waals surface area contributed by atoms with Crippen LogP contribution in [0.1, 0.15) is 25.3 Å². The standard InChI is InChI=1S/C14H17NO2/c1-2-3-4-11-5-7-12(8-6-11)15-13(16)9-10-14(15)17/h5-10,13,16H,2-4H2,1H3. The van der Waals surface area contributed by atoms with Crippen LogP contribution < -0.4 is 4.90 Å². The Hall–Kier alpha value is -1.61. The van der Waals surface area contributed by atoms with Gasteiger partial charge in [-0.25, -0.2) is 0 Å². The average molecular weight is 231 g/mol. The van der Waals surface area contributed by atoms with Gasteiger partial charge in [-0.15, -0.1) is 0 Å². The van der Waals surface area contributed by atoms with Crippen molar-refractivity contribution in [2.45, 2.75) is 32.4 Å². The van der Waals surface area contributed by atoms with Gasteiger partial charge >= 0.3 is 0 Å². The topological polar surface area (TPSA) is 40.5 Å². The van der Waals surface area contributed by atoms with E-state index in [-0.39, 0.29) is 5.91 Å². The first-order chi connectivity index (χ1) is 8.22. The minimum atomic E-state index is -0.830. The van der Waals surface area contributed by atoms with Gasteiger partial charge in [0.05, 0.1) is 0 Å². The molecule has 2 rings (SSSR count). The molecule has 1 aromatic rings. The van der Waals surface area contributed by atoms with Gasteiger partial charge in [-0.05, 0) is 36.6 Å². The summed E-state index contributed by atoms with van der Waals surface area (Å²) in [7, 11) is 0. The van der Waals surface area contributed by atoms with Crippen LogP contribution in [0.4, 0.5) is 5.69 Å². The molecule has 0 aliphatic carbocycles. The summed E-state index contributed by atoms with van der Waals surface area (Å²) in [6.07, 6.45) is 5.47. The molecule has 1 aliphatic heterocycles. The Labute approximate surface area is 101 Å². The lowest BCUT2D eigenvalue weighted by molar-refractivity contribution is -0.114. The lowest BCUT2D eigenvalue weighted by atomic mass is 10.1. The fraction of sp³-hybridized carbons (Fsp3) is 0.357. The second-order valence-electron chi connectivity index (χ2n) is 4.25. The molecule has 1 unspecified atom stereocenters. The van der Waals surface area contributed by atoms with Crippen LogP contribution in [0.2, 0.25) is 0 Å². The number of rotatable bonds is 4. The maximum Gasteiger partial charge on any atom is 0.253 e. The number of anilines is 1. The van der Waals surface area contributed by atoms with Crippen molar-refractivity contribution < 1.29 is 9.90 Å². The molecule has 0 fully saturated rings. The minimum absolute atomic E-state index is 0.168. The minimum Gasteiger partial charge on any atom is -0.369 e. The number of hydrogen-bond donors (Lipinski definition) is 1. The van der Waals surface area contributed by atoms with Gasteiger partial charge in [-0.1, -0.05) is 25.5 Å². The number of unbranched alkanes of at least 4 members (excludes halogenated alkanes) is 1. The van der Waals surface area contributed by atoms with Gasteiger partial charge in [0.25, 0.3) is 5.91 Å². The zero-order valence-corrected chi connectivity index (χ0v) is 9.97. The summed E-state index contributed by atoms with van der Waals surface area (Å²) in [4.78, 5) is 12.9. The molecule has 1 heterocycles. The van der Waals surface area contributed by atoms with Crippen molar-refractivity contribution >= 4 is 11.6 Å². The molecule has 1 atom stereocenters. The molecule has 0 aromatic heterocycles. The normalized spacial score (nSPS) is 19.1. The van der Waals surface area contributed by atoms with Gasteiger partial charge < -0.3 is 5.11 Å². The SMILES string of the molecule is CCCCc1ccc(N2C(=O)C=CC2O)cc1. The van der Waals surface area contributed by atoms with Crippen molar-refractivity contribution in [2.24, 2.45) is 0 Å². The van der Waals surface area contributed by atoms with Crippen LogP contribution in [0.5, 0.6) is 0 Å². The lowest BCUT2D eigenvalue weighted by Gasteiger charge is -2.20. The second kappa shape index (κ2) is 5.15. The highest BCUT2D eigenvalue weighted by Gasteiger charge is 2.24. The van der Waals surface area contributed by atoms with E-state index in [1.807, 2.05) is 24.3 Å². The number of nitrogens with zero attached hydrogens (tertiary/aromatic N) is 1. The van der Waals surface area contributed by atoms with Crippen LogP contribution in [0.25, 0.3) is 0 Å². The Morgan fingerprint density at radius 2 is 2.00 bits per heavy atom. The highest BCUT2D eigenvalue weighted by Crippen LogP contribution is 2.22. The van der Waals surface area contributed by atoms with E-state index in [4.69, 9.17) is 0 Å². The molecule has 17 heavy (non-hydrogen) atoms. The largest absolute Gasteiger partial charge is 0.369 e. The maximum atomic E-state index is 11.5. The maximum absolute atomic E-state index is 11.5. The fourth-order valence-corrected chi connectivity index (χ4v) is 1.95. The van der Waals surface area contributed by atoms with Crippen molar-refractivity contribution in [3.8, 4) is 0 Å². The third-order valence-corrected chi connectivity index (χ3v) is 2.95. The lowest BCUT2D eigenvalue weighted by Crippen LogP contribution is -2.33. The fourth-order valence-electron chi connectivity index (χ4n) is 1.95. The Morgan fingerprint density at radius 3 is 2.53 bits per heavy atom. The van der Waals surface area contributed by atoms with E-state index in [2.05, 4.69) is 6.92 Å². The summed E-state index contributed by atoms with van der Waals surface area (Å²) in [5.41, 5.74) is 2.01. The molecule has 0 radical (unpaired) electrons. The molecule has 0 spiro atoms. The van der Waals surface area contributed by atoms with Gasteiger partial charge in [-0.3, -0.25) is 9.69 Å². The predicted octanol–water partition coefficient (Wildman–Crippen LogP) is 2.25. The van der Waals surface area contributed by atoms with Gasteiger partial charge in [0.15, 0.2) is 6.23 Å². The van der Waals surface area contributed by atoms with Gasteiger partial charge in [0.2, 0.25) is 0 Å². The van der Waals surface area contributed by atoms with Crippen LogP contribution >= 0.6 is 0 Å². The first kappa shape index (κ1) is 11.9. The zero-order valence-electron chi connectivity index (χ0n) is 9.97. The molecule has 0 saturated heterocycles. The molecule has 3 nitrogen and oxygen atoms in total. The van der Waals surface area contributed by atoms with Crippen molar-refractivity contribution in [2.75, 3.05) is 4.90 Å². The Balaban J connectivity index is 2.10. The van der Waals surface area contributed by atoms with E-state index in [0.717, 1.165) is 12.1 Å². The summed E-state index contributed by atoms with van der Waals surface area (Å²) in [6.45, 7) is 2.17. The smallest absolute Gasteiger partial charge is 0.253 e. The molecule has 90 valence electrons. The number of amides is 1. The summed E-state index contributed by atoms with van der Waals surface area (Å²) in [6, 6.07) is 7.81. The van der Waals surface area contributed by atoms with E-state index in [0.29, 0.717) is 0 Å². The number of aryl methyl sites for hydroxylation is 1. The van der Waals surface area contributed by atoms with Gasteiger partial charge in [-0.2, -0.15) is 0 Å².